The van der Waals surface area contributed by atoms with Crippen molar-refractivity contribution < 1.29 is 22.3 Å². The molecule has 23 heavy (non-hydrogen) atoms. The number of anilines is 1. The van der Waals surface area contributed by atoms with Crippen molar-refractivity contribution in [1.29, 1.82) is 0 Å². The van der Waals surface area contributed by atoms with Crippen LogP contribution < -0.4 is 4.72 Å². The first-order chi connectivity index (χ1) is 10.7. The lowest BCUT2D eigenvalue weighted by atomic mass is 10.2. The monoisotopic (exact) mass is 377 g/mol. The Kier molecular flexibility index (Phi) is 5.13. The molecule has 0 aromatic heterocycles. The molecule has 2 aromatic carbocycles. The van der Waals surface area contributed by atoms with Gasteiger partial charge in [0.25, 0.3) is 10.0 Å². The maximum absolute atomic E-state index is 13.9. The first-order valence-electron chi connectivity index (χ1n) is 6.10. The normalized spacial score (nSPS) is 11.1. The minimum Gasteiger partial charge on any atom is -0.465 e. The SMILES string of the molecule is COC(=O)c1ccc(F)c(S(=O)(=O)Nc2ccc(Cl)c(Cl)c2)c1. The number of halogens is 3. The topological polar surface area (TPSA) is 72.5 Å². The van der Waals surface area contributed by atoms with E-state index in [1.807, 2.05) is 0 Å². The molecule has 1 N–H and O–H groups in total. The van der Waals surface area contributed by atoms with Crippen molar-refractivity contribution in [3.05, 3.63) is 57.8 Å². The Morgan fingerprint density at radius 1 is 1.13 bits per heavy atom. The predicted octanol–water partition coefficient (Wildman–Crippen LogP) is 3.72. The fourth-order valence-electron chi connectivity index (χ4n) is 1.72. The van der Waals surface area contributed by atoms with Crippen molar-refractivity contribution in [2.75, 3.05) is 11.8 Å². The minimum atomic E-state index is -4.27. The third-order valence-corrected chi connectivity index (χ3v) is 4.95. The number of benzene rings is 2. The third-order valence-electron chi connectivity index (χ3n) is 2.81. The summed E-state index contributed by atoms with van der Waals surface area (Å²) < 4.78 is 45.1. The average molecular weight is 378 g/mol. The lowest BCUT2D eigenvalue weighted by Crippen LogP contribution is -2.16. The lowest BCUT2D eigenvalue weighted by Gasteiger charge is -2.10. The molecule has 9 heteroatoms. The summed E-state index contributed by atoms with van der Waals surface area (Å²) >= 11 is 11.5. The van der Waals surface area contributed by atoms with Gasteiger partial charge in [0.15, 0.2) is 0 Å². The van der Waals surface area contributed by atoms with Gasteiger partial charge in [-0.2, -0.15) is 0 Å². The van der Waals surface area contributed by atoms with E-state index in [4.69, 9.17) is 23.2 Å². The second-order valence-electron chi connectivity index (χ2n) is 4.37. The van der Waals surface area contributed by atoms with Gasteiger partial charge in [-0.25, -0.2) is 17.6 Å². The predicted molar refractivity (Wildman–Crippen MR) is 85.0 cm³/mol. The van der Waals surface area contributed by atoms with Crippen LogP contribution in [-0.4, -0.2) is 21.5 Å². The summed E-state index contributed by atoms with van der Waals surface area (Å²) in [7, 11) is -3.14. The molecular weight excluding hydrogens is 368 g/mol. The molecule has 0 bridgehead atoms. The van der Waals surface area contributed by atoms with Crippen LogP contribution in [0.15, 0.2) is 41.3 Å². The second-order valence-corrected chi connectivity index (χ2v) is 6.84. The molecule has 2 aromatic rings. The molecule has 0 aliphatic rings. The van der Waals surface area contributed by atoms with Gasteiger partial charge in [-0.15, -0.1) is 0 Å². The molecule has 0 amide bonds. The average Bonchev–Trinajstić information content (AvgIpc) is 2.50. The Morgan fingerprint density at radius 2 is 1.83 bits per heavy atom. The first-order valence-corrected chi connectivity index (χ1v) is 8.34. The number of hydrogen-bond donors (Lipinski definition) is 1. The summed E-state index contributed by atoms with van der Waals surface area (Å²) in [5, 5.41) is 0.379. The van der Waals surface area contributed by atoms with Crippen LogP contribution >= 0.6 is 23.2 Å². The molecule has 0 heterocycles. The van der Waals surface area contributed by atoms with Crippen molar-refractivity contribution in [2.45, 2.75) is 4.90 Å². The Labute approximate surface area is 142 Å². The highest BCUT2D eigenvalue weighted by molar-refractivity contribution is 7.92. The number of carbonyl (C=O) groups is 1. The standard InChI is InChI=1S/C14H10Cl2FNO4S/c1-22-14(19)8-2-5-12(17)13(6-8)23(20,21)18-9-3-4-10(15)11(16)7-9/h2-7,18H,1H3. The molecular formula is C14H10Cl2FNO4S. The van der Waals surface area contributed by atoms with Crippen LogP contribution in [0.3, 0.4) is 0 Å². The van der Waals surface area contributed by atoms with Crippen molar-refractivity contribution in [2.24, 2.45) is 0 Å². The van der Waals surface area contributed by atoms with Crippen LogP contribution in [0.5, 0.6) is 0 Å². The third kappa shape index (κ3) is 3.93. The smallest absolute Gasteiger partial charge is 0.337 e. The highest BCUT2D eigenvalue weighted by atomic mass is 35.5. The maximum atomic E-state index is 13.9. The molecule has 2 rings (SSSR count). The number of rotatable bonds is 4. The van der Waals surface area contributed by atoms with Crippen molar-refractivity contribution in [3.8, 4) is 0 Å². The molecule has 5 nitrogen and oxygen atoms in total. The second kappa shape index (κ2) is 6.74. The van der Waals surface area contributed by atoms with Crippen molar-refractivity contribution in [1.82, 2.24) is 0 Å². The van der Waals surface area contributed by atoms with E-state index >= 15 is 0 Å². The van der Waals surface area contributed by atoms with Crippen LogP contribution in [-0.2, 0) is 14.8 Å². The number of esters is 1. The fourth-order valence-corrected chi connectivity index (χ4v) is 3.18. The van der Waals surface area contributed by atoms with E-state index in [1.54, 1.807) is 0 Å². The number of sulfonamides is 1. The van der Waals surface area contributed by atoms with Gasteiger partial charge in [0.1, 0.15) is 10.7 Å². The molecule has 0 unspecified atom stereocenters. The van der Waals surface area contributed by atoms with Gasteiger partial charge in [0.05, 0.1) is 28.4 Å². The molecule has 0 atom stereocenters. The van der Waals surface area contributed by atoms with Crippen LogP contribution in [0.1, 0.15) is 10.4 Å². The quantitative estimate of drug-likeness (QED) is 0.824. The number of nitrogens with one attached hydrogen (secondary N) is 1. The van der Waals surface area contributed by atoms with Crippen LogP contribution in [0.4, 0.5) is 10.1 Å². The zero-order valence-electron chi connectivity index (χ0n) is 11.6. The summed E-state index contributed by atoms with van der Waals surface area (Å²) in [5.74, 6) is -1.79. The van der Waals surface area contributed by atoms with E-state index in [1.165, 1.54) is 18.2 Å². The number of ether oxygens (including phenoxy) is 1. The highest BCUT2D eigenvalue weighted by Gasteiger charge is 2.22. The van der Waals surface area contributed by atoms with E-state index in [-0.39, 0.29) is 21.3 Å². The fraction of sp³-hybridized carbons (Fsp3) is 0.0714. The Morgan fingerprint density at radius 3 is 2.43 bits per heavy atom. The van der Waals surface area contributed by atoms with Crippen molar-refractivity contribution >= 4 is 44.9 Å². The molecule has 0 radical (unpaired) electrons. The summed E-state index contributed by atoms with van der Waals surface area (Å²) in [4.78, 5) is 10.8. The van der Waals surface area contributed by atoms with Gasteiger partial charge < -0.3 is 4.74 Å². The molecule has 0 saturated carbocycles. The lowest BCUT2D eigenvalue weighted by molar-refractivity contribution is 0.0600. The van der Waals surface area contributed by atoms with Crippen LogP contribution in [0.25, 0.3) is 0 Å². The molecule has 122 valence electrons. The number of carbonyl (C=O) groups excluding carboxylic acids is 1. The zero-order valence-corrected chi connectivity index (χ0v) is 14.0. The zero-order chi connectivity index (χ0) is 17.2. The summed E-state index contributed by atoms with van der Waals surface area (Å²) in [5.41, 5.74) is 0.00526. The van der Waals surface area contributed by atoms with E-state index < -0.39 is 26.7 Å². The van der Waals surface area contributed by atoms with E-state index in [9.17, 15) is 17.6 Å². The molecule has 0 fully saturated rings. The Balaban J connectivity index is 2.42. The molecule has 0 aliphatic heterocycles. The largest absolute Gasteiger partial charge is 0.465 e. The number of methoxy groups -OCH3 is 1. The van der Waals surface area contributed by atoms with Gasteiger partial charge in [0, 0.05) is 0 Å². The Hall–Kier alpha value is -1.83. The summed E-state index contributed by atoms with van der Waals surface area (Å²) in [6, 6.07) is 6.93. The van der Waals surface area contributed by atoms with Gasteiger partial charge in [-0.05, 0) is 36.4 Å². The van der Waals surface area contributed by atoms with Gasteiger partial charge in [-0.3, -0.25) is 4.72 Å². The highest BCUT2D eigenvalue weighted by Crippen LogP contribution is 2.27. The summed E-state index contributed by atoms with van der Waals surface area (Å²) in [6.45, 7) is 0. The number of hydrogen-bond acceptors (Lipinski definition) is 4. The van der Waals surface area contributed by atoms with E-state index in [2.05, 4.69) is 9.46 Å². The Bertz CT molecular complexity index is 871. The van der Waals surface area contributed by atoms with Crippen LogP contribution in [0, 0.1) is 5.82 Å². The summed E-state index contributed by atoms with van der Waals surface area (Å²) in [6.07, 6.45) is 0. The van der Waals surface area contributed by atoms with Gasteiger partial charge in [0.2, 0.25) is 0 Å². The first kappa shape index (κ1) is 17.5. The van der Waals surface area contributed by atoms with Gasteiger partial charge in [-0.1, -0.05) is 23.2 Å². The molecule has 0 aliphatic carbocycles. The van der Waals surface area contributed by atoms with E-state index in [0.717, 1.165) is 25.3 Å². The van der Waals surface area contributed by atoms with Crippen LogP contribution in [0.2, 0.25) is 10.0 Å². The van der Waals surface area contributed by atoms with Gasteiger partial charge >= 0.3 is 5.97 Å². The molecule has 0 saturated heterocycles. The maximum Gasteiger partial charge on any atom is 0.337 e. The minimum absolute atomic E-state index is 0.0941. The molecule has 0 spiro atoms. The van der Waals surface area contributed by atoms with E-state index in [0.29, 0.717) is 0 Å². The van der Waals surface area contributed by atoms with Crippen molar-refractivity contribution in [3.63, 3.8) is 0 Å².